The summed E-state index contributed by atoms with van der Waals surface area (Å²) in [5.41, 5.74) is 0.444. The van der Waals surface area contributed by atoms with Crippen molar-refractivity contribution in [1.29, 1.82) is 5.26 Å². The van der Waals surface area contributed by atoms with Gasteiger partial charge < -0.3 is 28.2 Å². The number of methoxy groups -OCH3 is 2. The molecule has 2 aliphatic heterocycles. The topological polar surface area (TPSA) is 146 Å². The summed E-state index contributed by atoms with van der Waals surface area (Å²) >= 11 is 0. The Morgan fingerprint density at radius 2 is 1.54 bits per heavy atom. The van der Waals surface area contributed by atoms with Gasteiger partial charge in [-0.25, -0.2) is 9.46 Å². The van der Waals surface area contributed by atoms with Crippen molar-refractivity contribution in [2.24, 2.45) is 5.92 Å². The second-order valence-corrected chi connectivity index (χ2v) is 15.8. The fourth-order valence-electron chi connectivity index (χ4n) is 7.67. The zero-order valence-electron chi connectivity index (χ0n) is 33.0. The van der Waals surface area contributed by atoms with E-state index in [1.807, 2.05) is 78.9 Å². The highest BCUT2D eigenvalue weighted by atomic mass is 31.2. The molecule has 13 nitrogen and oxygen atoms in total. The first-order chi connectivity index (χ1) is 27.0. The van der Waals surface area contributed by atoms with Gasteiger partial charge in [0.25, 0.3) is 14.1 Å². The maximum Gasteiger partial charge on any atom is 0.330 e. The average molecular weight is 787 g/mol. The van der Waals surface area contributed by atoms with Crippen LogP contribution in [0.5, 0.6) is 11.5 Å². The molecule has 56 heavy (non-hydrogen) atoms. The molecule has 0 radical (unpaired) electrons. The number of hydrogen-bond donors (Lipinski definition) is 1. The molecule has 0 spiro atoms. The third kappa shape index (κ3) is 8.20. The highest BCUT2D eigenvalue weighted by molar-refractivity contribution is 7.44. The Hall–Kier alpha value is -4.38. The van der Waals surface area contributed by atoms with Crippen LogP contribution in [0.25, 0.3) is 0 Å². The minimum atomic E-state index is -1.88. The largest absolute Gasteiger partial charge is 0.497 e. The summed E-state index contributed by atoms with van der Waals surface area (Å²) in [5.74, 6) is -0.642. The lowest BCUT2D eigenvalue weighted by Crippen LogP contribution is -2.48. The van der Waals surface area contributed by atoms with Gasteiger partial charge >= 0.3 is 5.69 Å². The van der Waals surface area contributed by atoms with Crippen molar-refractivity contribution in [2.45, 2.75) is 83.3 Å². The third-order valence-corrected chi connectivity index (χ3v) is 12.4. The molecular formula is C42H51N4O9P. The molecule has 298 valence electrons. The number of hydrogen-bond acceptors (Lipinski definition) is 11. The van der Waals surface area contributed by atoms with Crippen molar-refractivity contribution in [3.63, 3.8) is 0 Å². The van der Waals surface area contributed by atoms with Crippen LogP contribution >= 0.6 is 8.53 Å². The molecule has 0 bridgehead atoms. The summed E-state index contributed by atoms with van der Waals surface area (Å²) in [7, 11) is 1.36. The molecule has 4 aromatic rings. The van der Waals surface area contributed by atoms with Gasteiger partial charge in [-0.05, 0) is 82.0 Å². The van der Waals surface area contributed by atoms with E-state index < -0.39 is 49.4 Å². The number of aromatic amines is 1. The second kappa shape index (κ2) is 17.8. The monoisotopic (exact) mass is 786 g/mol. The number of benzene rings is 3. The summed E-state index contributed by atoms with van der Waals surface area (Å²) < 4.78 is 49.2. The first-order valence-corrected chi connectivity index (χ1v) is 20.0. The number of ether oxygens (including phenoxy) is 5. The van der Waals surface area contributed by atoms with Crippen LogP contribution < -0.4 is 20.7 Å². The number of H-pyrrole nitrogens is 1. The number of rotatable bonds is 17. The van der Waals surface area contributed by atoms with Gasteiger partial charge in [0.15, 0.2) is 6.23 Å². The lowest BCUT2D eigenvalue weighted by atomic mass is 9.79. The molecule has 2 aliphatic rings. The van der Waals surface area contributed by atoms with Crippen molar-refractivity contribution >= 4 is 8.53 Å². The predicted molar refractivity (Wildman–Crippen MR) is 211 cm³/mol. The number of aromatic nitrogens is 2. The molecule has 3 heterocycles. The molecule has 1 N–H and O–H groups in total. The van der Waals surface area contributed by atoms with Crippen LogP contribution in [0, 0.1) is 24.2 Å². The summed E-state index contributed by atoms with van der Waals surface area (Å²) in [5, 5.41) is 9.48. The van der Waals surface area contributed by atoms with Crippen LogP contribution in [0.1, 0.15) is 69.0 Å². The molecule has 3 aromatic carbocycles. The molecule has 5 atom stereocenters. The van der Waals surface area contributed by atoms with E-state index in [4.69, 9.17) is 32.7 Å². The summed E-state index contributed by atoms with van der Waals surface area (Å²) in [6, 6.07) is 27.5. The van der Waals surface area contributed by atoms with Crippen LogP contribution in [0.3, 0.4) is 0 Å². The predicted octanol–water partition coefficient (Wildman–Crippen LogP) is 6.79. The van der Waals surface area contributed by atoms with E-state index in [2.05, 4.69) is 43.4 Å². The van der Waals surface area contributed by atoms with Crippen LogP contribution in [-0.2, 0) is 28.9 Å². The number of aryl methyl sites for hydroxylation is 1. The van der Waals surface area contributed by atoms with E-state index in [0.717, 1.165) is 16.7 Å². The second-order valence-electron chi connectivity index (χ2n) is 14.5. The van der Waals surface area contributed by atoms with Crippen LogP contribution in [-0.4, -0.2) is 72.2 Å². The normalized spacial score (nSPS) is 21.3. The van der Waals surface area contributed by atoms with E-state index in [9.17, 15) is 14.9 Å². The zero-order chi connectivity index (χ0) is 40.0. The lowest BCUT2D eigenvalue weighted by molar-refractivity contribution is -0.250. The number of nitrogens with one attached hydrogen (secondary N) is 1. The quantitative estimate of drug-likeness (QED) is 0.0686. The van der Waals surface area contributed by atoms with Crippen molar-refractivity contribution in [3.8, 4) is 17.6 Å². The van der Waals surface area contributed by atoms with Crippen molar-refractivity contribution < 1.29 is 32.7 Å². The number of nitriles is 1. The SMILES string of the molecule is COc1ccc(C(OC[C@@]2(OP(OCCC#N)N(C(C)C)C(C)C)O[C@@H](n3cc(C)c(=O)[nH]c3=O)[C@@H]3OCCC32)(c2ccccc2)c2ccc(OC)cc2)cc1. The van der Waals surface area contributed by atoms with Crippen LogP contribution in [0.4, 0.5) is 0 Å². The Bertz CT molecular complexity index is 2010. The highest BCUT2D eigenvalue weighted by Gasteiger charge is 2.62. The fraction of sp³-hybridized carbons (Fsp3) is 0.452. The third-order valence-electron chi connectivity index (χ3n) is 10.3. The van der Waals surface area contributed by atoms with Crippen LogP contribution in [0.15, 0.2) is 94.6 Å². The molecule has 14 heteroatoms. The Labute approximate surface area is 329 Å². The summed E-state index contributed by atoms with van der Waals surface area (Å²) in [6.45, 7) is 10.2. The molecule has 2 fully saturated rings. The van der Waals surface area contributed by atoms with Crippen molar-refractivity contribution in [2.75, 3.05) is 34.0 Å². The van der Waals surface area contributed by atoms with E-state index >= 15 is 0 Å². The first-order valence-electron chi connectivity index (χ1n) is 18.9. The minimum absolute atomic E-state index is 0.0135. The van der Waals surface area contributed by atoms with Crippen molar-refractivity contribution in [3.05, 3.63) is 128 Å². The molecule has 2 saturated heterocycles. The van der Waals surface area contributed by atoms with Gasteiger partial charge in [-0.15, -0.1) is 0 Å². The lowest BCUT2D eigenvalue weighted by Gasteiger charge is -2.44. The van der Waals surface area contributed by atoms with Crippen molar-refractivity contribution in [1.82, 2.24) is 14.2 Å². The number of nitrogens with zero attached hydrogens (tertiary/aromatic N) is 3. The number of fused-ring (bicyclic) bond motifs is 1. The van der Waals surface area contributed by atoms with E-state index in [0.29, 0.717) is 30.1 Å². The maximum atomic E-state index is 13.5. The molecule has 2 unspecified atom stereocenters. The van der Waals surface area contributed by atoms with Gasteiger partial charge in [0.2, 0.25) is 5.79 Å². The molecule has 0 aliphatic carbocycles. The molecule has 0 saturated carbocycles. The van der Waals surface area contributed by atoms with Gasteiger partial charge in [-0.3, -0.25) is 18.9 Å². The molecule has 0 amide bonds. The first kappa shape index (κ1) is 41.3. The Kier molecular flexibility index (Phi) is 13.1. The zero-order valence-corrected chi connectivity index (χ0v) is 33.9. The van der Waals surface area contributed by atoms with E-state index in [1.54, 1.807) is 21.1 Å². The van der Waals surface area contributed by atoms with Gasteiger partial charge in [0.1, 0.15) is 29.8 Å². The van der Waals surface area contributed by atoms with Gasteiger partial charge in [0.05, 0.1) is 33.3 Å². The van der Waals surface area contributed by atoms with E-state index in [-0.39, 0.29) is 31.7 Å². The highest BCUT2D eigenvalue weighted by Crippen LogP contribution is 2.58. The van der Waals surface area contributed by atoms with Gasteiger partial charge in [-0.1, -0.05) is 54.6 Å². The van der Waals surface area contributed by atoms with Crippen LogP contribution in [0.2, 0.25) is 0 Å². The molecule has 6 rings (SSSR count). The Morgan fingerprint density at radius 1 is 0.946 bits per heavy atom. The summed E-state index contributed by atoms with van der Waals surface area (Å²) in [6.07, 6.45) is 0.551. The fourth-order valence-corrected chi connectivity index (χ4v) is 9.44. The maximum absolute atomic E-state index is 13.5. The summed E-state index contributed by atoms with van der Waals surface area (Å²) in [4.78, 5) is 28.4. The van der Waals surface area contributed by atoms with Gasteiger partial charge in [0, 0.05) is 36.4 Å². The average Bonchev–Trinajstić information content (AvgIpc) is 3.80. The van der Waals surface area contributed by atoms with Gasteiger partial charge in [-0.2, -0.15) is 5.26 Å². The minimum Gasteiger partial charge on any atom is -0.497 e. The smallest absolute Gasteiger partial charge is 0.330 e. The standard InChI is InChI=1S/C42H51N4O9P/c1-28(2)46(29(3)4)56(53-24-11-23-43)55-41(36-22-25-51-37(36)39(54-41)45-26-30(5)38(47)44-40(45)48)27-52-42(31-12-9-8-10-13-31,32-14-18-34(49-6)19-15-32)33-16-20-35(50-7)21-17-33/h8-10,12-21,26,28-29,36-37,39H,11,22,24-25,27H2,1-7H3,(H,44,47,48)/t36?,37-,39-,41+,56?/m1/s1. The van der Waals surface area contributed by atoms with E-state index in [1.165, 1.54) is 10.8 Å². The Balaban J connectivity index is 1.56. The Morgan fingerprint density at radius 3 is 2.09 bits per heavy atom. The molecular weight excluding hydrogens is 735 g/mol. The molecule has 1 aromatic heterocycles.